The molecule has 1 aromatic rings. The third-order valence-corrected chi connectivity index (χ3v) is 3.41. The third-order valence-electron chi connectivity index (χ3n) is 3.41. The van der Waals surface area contributed by atoms with Gasteiger partial charge in [0, 0.05) is 6.54 Å². The first-order valence-corrected chi connectivity index (χ1v) is 5.96. The molecule has 0 fully saturated rings. The number of aromatic nitrogens is 1. The molecule has 0 unspecified atom stereocenters. The molecule has 0 saturated carbocycles. The van der Waals surface area contributed by atoms with E-state index < -0.39 is 5.97 Å². The van der Waals surface area contributed by atoms with Gasteiger partial charge in [0.05, 0.1) is 11.9 Å². The molecule has 0 radical (unpaired) electrons. The summed E-state index contributed by atoms with van der Waals surface area (Å²) in [6.07, 6.45) is 1.46. The van der Waals surface area contributed by atoms with Gasteiger partial charge in [-0.05, 0) is 17.4 Å². The minimum absolute atomic E-state index is 0.0544. The van der Waals surface area contributed by atoms with Crippen LogP contribution < -0.4 is 11.1 Å². The predicted molar refractivity (Wildman–Crippen MR) is 72.7 cm³/mol. The minimum atomic E-state index is -1.03. The smallest absolute Gasteiger partial charge is 0.339 e. The predicted octanol–water partition coefficient (Wildman–Crippen LogP) is 2.46. The van der Waals surface area contributed by atoms with Crippen molar-refractivity contribution in [1.29, 1.82) is 0 Å². The molecule has 100 valence electrons. The Kier molecular flexibility index (Phi) is 4.16. The Hall–Kier alpha value is -1.78. The van der Waals surface area contributed by atoms with Gasteiger partial charge in [-0.1, -0.05) is 27.7 Å². The average molecular weight is 251 g/mol. The molecule has 4 N–H and O–H groups in total. The number of rotatable bonds is 5. The minimum Gasteiger partial charge on any atom is -0.478 e. The molecule has 0 saturated heterocycles. The van der Waals surface area contributed by atoms with E-state index in [-0.39, 0.29) is 11.0 Å². The molecular weight excluding hydrogens is 230 g/mol. The highest BCUT2D eigenvalue weighted by molar-refractivity contribution is 5.94. The highest BCUT2D eigenvalue weighted by Gasteiger charge is 2.23. The van der Waals surface area contributed by atoms with E-state index in [4.69, 9.17) is 10.8 Å². The highest BCUT2D eigenvalue weighted by Crippen LogP contribution is 2.27. The molecule has 1 heterocycles. The Morgan fingerprint density at radius 1 is 1.56 bits per heavy atom. The number of carbonyl (C=O) groups is 1. The number of nitrogen functional groups attached to an aromatic ring is 1. The topological polar surface area (TPSA) is 88.2 Å². The maximum absolute atomic E-state index is 11.1. The molecule has 0 atom stereocenters. The Labute approximate surface area is 107 Å². The van der Waals surface area contributed by atoms with Crippen LogP contribution in [0.2, 0.25) is 0 Å². The van der Waals surface area contributed by atoms with Crippen LogP contribution in [0.15, 0.2) is 12.3 Å². The van der Waals surface area contributed by atoms with Crippen LogP contribution >= 0.6 is 0 Å². The van der Waals surface area contributed by atoms with Crippen LogP contribution in [0.5, 0.6) is 0 Å². The molecule has 0 aliphatic rings. The van der Waals surface area contributed by atoms with Crippen molar-refractivity contribution >= 4 is 17.5 Å². The first-order chi connectivity index (χ1) is 8.24. The van der Waals surface area contributed by atoms with Crippen LogP contribution in [-0.4, -0.2) is 22.6 Å². The fourth-order valence-corrected chi connectivity index (χ4v) is 1.30. The number of hydrogen-bond donors (Lipinski definition) is 3. The number of nitrogens with zero attached hydrogens (tertiary/aromatic N) is 1. The van der Waals surface area contributed by atoms with Crippen molar-refractivity contribution in [3.63, 3.8) is 0 Å². The van der Waals surface area contributed by atoms with E-state index >= 15 is 0 Å². The van der Waals surface area contributed by atoms with E-state index in [0.717, 1.165) is 0 Å². The van der Waals surface area contributed by atoms with Gasteiger partial charge < -0.3 is 16.2 Å². The summed E-state index contributed by atoms with van der Waals surface area (Å²) in [6.45, 7) is 9.18. The van der Waals surface area contributed by atoms with E-state index in [1.165, 1.54) is 12.3 Å². The number of nitrogens with one attached hydrogen (secondary N) is 1. The first-order valence-electron chi connectivity index (χ1n) is 5.96. The van der Waals surface area contributed by atoms with Crippen LogP contribution in [0.25, 0.3) is 0 Å². The van der Waals surface area contributed by atoms with E-state index in [9.17, 15) is 4.79 Å². The van der Waals surface area contributed by atoms with Gasteiger partial charge in [0.15, 0.2) is 0 Å². The molecule has 0 spiro atoms. The molecule has 1 rings (SSSR count). The zero-order valence-corrected chi connectivity index (χ0v) is 11.3. The zero-order valence-electron chi connectivity index (χ0n) is 11.3. The van der Waals surface area contributed by atoms with Crippen molar-refractivity contribution in [3.05, 3.63) is 17.8 Å². The lowest BCUT2D eigenvalue weighted by molar-refractivity contribution is 0.0697. The maximum Gasteiger partial charge on any atom is 0.339 e. The van der Waals surface area contributed by atoms with E-state index in [1.54, 1.807) is 0 Å². The van der Waals surface area contributed by atoms with E-state index in [0.29, 0.717) is 24.0 Å². The summed E-state index contributed by atoms with van der Waals surface area (Å²) in [5.41, 5.74) is 6.05. The normalized spacial score (nSPS) is 11.6. The van der Waals surface area contributed by atoms with Crippen LogP contribution in [0.1, 0.15) is 38.1 Å². The van der Waals surface area contributed by atoms with Gasteiger partial charge in [-0.25, -0.2) is 9.78 Å². The van der Waals surface area contributed by atoms with Crippen molar-refractivity contribution in [1.82, 2.24) is 4.98 Å². The standard InChI is InChI=1S/C13H21N3O2/c1-8(2)13(3,4)7-16-11-10(12(17)18)5-9(14)6-15-11/h5-6,8H,7,14H2,1-4H3,(H,15,16)(H,17,18). The number of aromatic carboxylic acids is 1. The summed E-state index contributed by atoms with van der Waals surface area (Å²) in [6, 6.07) is 1.42. The largest absolute Gasteiger partial charge is 0.478 e. The molecule has 0 bridgehead atoms. The lowest BCUT2D eigenvalue weighted by Crippen LogP contribution is -2.29. The Balaban J connectivity index is 2.89. The van der Waals surface area contributed by atoms with Crippen molar-refractivity contribution in [2.24, 2.45) is 11.3 Å². The Morgan fingerprint density at radius 3 is 2.67 bits per heavy atom. The van der Waals surface area contributed by atoms with Crippen molar-refractivity contribution in [2.75, 3.05) is 17.6 Å². The summed E-state index contributed by atoms with van der Waals surface area (Å²) < 4.78 is 0. The molecule has 0 amide bonds. The SMILES string of the molecule is CC(C)C(C)(C)CNc1ncc(N)cc1C(=O)O. The average Bonchev–Trinajstić information content (AvgIpc) is 2.27. The fraction of sp³-hybridized carbons (Fsp3) is 0.538. The molecule has 18 heavy (non-hydrogen) atoms. The number of carboxylic acids is 1. The van der Waals surface area contributed by atoms with Crippen molar-refractivity contribution in [2.45, 2.75) is 27.7 Å². The van der Waals surface area contributed by atoms with Crippen molar-refractivity contribution < 1.29 is 9.90 Å². The van der Waals surface area contributed by atoms with Crippen molar-refractivity contribution in [3.8, 4) is 0 Å². The quantitative estimate of drug-likeness (QED) is 0.748. The van der Waals surface area contributed by atoms with Crippen LogP contribution in [0.4, 0.5) is 11.5 Å². The van der Waals surface area contributed by atoms with Gasteiger partial charge in [-0.15, -0.1) is 0 Å². The lowest BCUT2D eigenvalue weighted by atomic mass is 9.81. The van der Waals surface area contributed by atoms with E-state index in [1.807, 2.05) is 0 Å². The summed E-state index contributed by atoms with van der Waals surface area (Å²) in [5.74, 6) is -0.183. The Morgan fingerprint density at radius 2 is 2.17 bits per heavy atom. The van der Waals surface area contributed by atoms with Crippen LogP contribution in [0, 0.1) is 11.3 Å². The third kappa shape index (κ3) is 3.35. The maximum atomic E-state index is 11.1. The number of anilines is 2. The molecule has 0 aliphatic carbocycles. The highest BCUT2D eigenvalue weighted by atomic mass is 16.4. The van der Waals surface area contributed by atoms with Crippen LogP contribution in [0.3, 0.4) is 0 Å². The molecule has 0 aromatic carbocycles. The second kappa shape index (κ2) is 5.25. The number of carboxylic acid groups (broad SMARTS) is 1. The van der Waals surface area contributed by atoms with Gasteiger partial charge in [-0.3, -0.25) is 0 Å². The molecule has 5 heteroatoms. The summed E-state index contributed by atoms with van der Waals surface area (Å²) in [5, 5.41) is 12.2. The van der Waals surface area contributed by atoms with Gasteiger partial charge >= 0.3 is 5.97 Å². The van der Waals surface area contributed by atoms with Gasteiger partial charge in [0.2, 0.25) is 0 Å². The zero-order chi connectivity index (χ0) is 13.9. The van der Waals surface area contributed by atoms with Gasteiger partial charge in [-0.2, -0.15) is 0 Å². The molecule has 0 aliphatic heterocycles. The van der Waals surface area contributed by atoms with Gasteiger partial charge in [0.25, 0.3) is 0 Å². The first kappa shape index (κ1) is 14.3. The number of hydrogen-bond acceptors (Lipinski definition) is 4. The molecular formula is C13H21N3O2. The summed E-state index contributed by atoms with van der Waals surface area (Å²) in [7, 11) is 0. The van der Waals surface area contributed by atoms with Gasteiger partial charge in [0.1, 0.15) is 11.4 Å². The fourth-order valence-electron chi connectivity index (χ4n) is 1.30. The summed E-state index contributed by atoms with van der Waals surface area (Å²) in [4.78, 5) is 15.1. The lowest BCUT2D eigenvalue weighted by Gasteiger charge is -2.29. The molecule has 1 aromatic heterocycles. The summed E-state index contributed by atoms with van der Waals surface area (Å²) >= 11 is 0. The number of pyridine rings is 1. The van der Waals surface area contributed by atoms with E-state index in [2.05, 4.69) is 38.0 Å². The monoisotopic (exact) mass is 251 g/mol. The second-order valence-electron chi connectivity index (χ2n) is 5.47. The van der Waals surface area contributed by atoms with Crippen LogP contribution in [-0.2, 0) is 0 Å². The number of nitrogens with two attached hydrogens (primary N) is 1. The molecule has 5 nitrogen and oxygen atoms in total. The second-order valence-corrected chi connectivity index (χ2v) is 5.47. The Bertz CT molecular complexity index is 442.